The van der Waals surface area contributed by atoms with Crippen molar-refractivity contribution in [2.24, 2.45) is 17.8 Å². The van der Waals surface area contributed by atoms with Gasteiger partial charge in [0.25, 0.3) is 0 Å². The summed E-state index contributed by atoms with van der Waals surface area (Å²) in [7, 11) is 0. The van der Waals surface area contributed by atoms with Crippen molar-refractivity contribution in [3.8, 4) is 0 Å². The predicted octanol–water partition coefficient (Wildman–Crippen LogP) is 4.30. The van der Waals surface area contributed by atoms with Gasteiger partial charge >= 0.3 is 0 Å². The molecule has 2 aliphatic rings. The maximum atomic E-state index is 2.40. The van der Waals surface area contributed by atoms with Crippen molar-refractivity contribution in [3.05, 3.63) is 54.1 Å². The first-order chi connectivity index (χ1) is 7.84. The van der Waals surface area contributed by atoms with E-state index < -0.39 is 0 Å². The minimum atomic E-state index is 0.766. The molecule has 3 atom stereocenters. The average Bonchev–Trinajstić information content (AvgIpc) is 2.70. The minimum Gasteiger partial charge on any atom is -0.0808 e. The third-order valence-electron chi connectivity index (χ3n) is 3.99. The molecule has 3 rings (SSSR count). The van der Waals surface area contributed by atoms with Gasteiger partial charge in [-0.2, -0.15) is 0 Å². The first-order valence-electron chi connectivity index (χ1n) is 6.28. The Kier molecular flexibility index (Phi) is 2.43. The van der Waals surface area contributed by atoms with E-state index in [1.807, 2.05) is 0 Å². The molecule has 1 aromatic carbocycles. The van der Waals surface area contributed by atoms with Crippen LogP contribution in [0.3, 0.4) is 0 Å². The van der Waals surface area contributed by atoms with Crippen molar-refractivity contribution in [2.45, 2.75) is 19.8 Å². The summed E-state index contributed by atoms with van der Waals surface area (Å²) in [6.45, 7) is 2.38. The molecule has 3 unspecified atom stereocenters. The van der Waals surface area contributed by atoms with Crippen LogP contribution >= 0.6 is 0 Å². The molecule has 1 fully saturated rings. The largest absolute Gasteiger partial charge is 0.0808 e. The van der Waals surface area contributed by atoms with E-state index in [9.17, 15) is 0 Å². The quantitative estimate of drug-likeness (QED) is 0.648. The van der Waals surface area contributed by atoms with E-state index in [0.29, 0.717) is 0 Å². The molecule has 2 aliphatic carbocycles. The molecular weight excluding hydrogens is 192 g/mol. The minimum absolute atomic E-state index is 0.766. The lowest BCUT2D eigenvalue weighted by Gasteiger charge is -2.23. The van der Waals surface area contributed by atoms with E-state index >= 15 is 0 Å². The Morgan fingerprint density at radius 3 is 2.69 bits per heavy atom. The molecule has 0 bridgehead atoms. The smallest absolute Gasteiger partial charge is 0.00903 e. The predicted molar refractivity (Wildman–Crippen MR) is 68.9 cm³/mol. The molecule has 16 heavy (non-hydrogen) atoms. The molecule has 0 N–H and O–H groups in total. The molecule has 0 nitrogen and oxygen atoms in total. The van der Waals surface area contributed by atoms with Crippen LogP contribution in [0.25, 0.3) is 5.57 Å². The summed E-state index contributed by atoms with van der Waals surface area (Å²) in [6.07, 6.45) is 9.69. The Bertz CT molecular complexity index is 425. The normalized spacial score (nSPS) is 32.3. The fraction of sp³-hybridized carbons (Fsp3) is 0.375. The number of allylic oxidation sites excluding steroid dienone is 4. The number of benzene rings is 1. The summed E-state index contributed by atoms with van der Waals surface area (Å²) in [6, 6.07) is 10.9. The van der Waals surface area contributed by atoms with Crippen LogP contribution < -0.4 is 0 Å². The van der Waals surface area contributed by atoms with Crippen LogP contribution in [-0.4, -0.2) is 0 Å². The molecule has 0 aliphatic heterocycles. The van der Waals surface area contributed by atoms with E-state index in [4.69, 9.17) is 0 Å². The Balaban J connectivity index is 1.96. The van der Waals surface area contributed by atoms with Gasteiger partial charge in [-0.25, -0.2) is 0 Å². The molecule has 0 radical (unpaired) electrons. The van der Waals surface area contributed by atoms with Crippen molar-refractivity contribution in [1.29, 1.82) is 0 Å². The Morgan fingerprint density at radius 1 is 1.06 bits per heavy atom. The highest BCUT2D eigenvalue weighted by Gasteiger charge is 2.34. The lowest BCUT2D eigenvalue weighted by Crippen LogP contribution is -2.10. The third-order valence-corrected chi connectivity index (χ3v) is 3.99. The van der Waals surface area contributed by atoms with Crippen LogP contribution in [0.15, 0.2) is 48.6 Å². The number of fused-ring (bicyclic) bond motifs is 1. The van der Waals surface area contributed by atoms with Crippen LogP contribution in [0.4, 0.5) is 0 Å². The summed E-state index contributed by atoms with van der Waals surface area (Å²) in [5.41, 5.74) is 2.97. The van der Waals surface area contributed by atoms with Crippen molar-refractivity contribution in [2.75, 3.05) is 0 Å². The van der Waals surface area contributed by atoms with Gasteiger partial charge in [0.2, 0.25) is 0 Å². The molecule has 0 spiro atoms. The van der Waals surface area contributed by atoms with Gasteiger partial charge < -0.3 is 0 Å². The topological polar surface area (TPSA) is 0 Å². The monoisotopic (exact) mass is 210 g/mol. The second kappa shape index (κ2) is 3.93. The third kappa shape index (κ3) is 1.63. The van der Waals surface area contributed by atoms with Gasteiger partial charge in [-0.3, -0.25) is 0 Å². The van der Waals surface area contributed by atoms with Gasteiger partial charge in [0.05, 0.1) is 0 Å². The first-order valence-corrected chi connectivity index (χ1v) is 6.28. The molecule has 0 aromatic heterocycles. The molecule has 0 heteroatoms. The number of hydrogen-bond acceptors (Lipinski definition) is 0. The van der Waals surface area contributed by atoms with Crippen molar-refractivity contribution in [3.63, 3.8) is 0 Å². The Hall–Kier alpha value is -1.30. The van der Waals surface area contributed by atoms with Crippen LogP contribution in [-0.2, 0) is 0 Å². The van der Waals surface area contributed by atoms with Crippen LogP contribution in [0.5, 0.6) is 0 Å². The average molecular weight is 210 g/mol. The number of hydrogen-bond donors (Lipinski definition) is 0. The van der Waals surface area contributed by atoms with E-state index in [0.717, 1.165) is 17.8 Å². The zero-order valence-electron chi connectivity index (χ0n) is 9.77. The van der Waals surface area contributed by atoms with Crippen LogP contribution in [0.1, 0.15) is 25.3 Å². The van der Waals surface area contributed by atoms with Crippen LogP contribution in [0, 0.1) is 17.8 Å². The Morgan fingerprint density at radius 2 is 1.88 bits per heavy atom. The maximum Gasteiger partial charge on any atom is -0.00903 e. The molecule has 0 amide bonds. The highest BCUT2D eigenvalue weighted by molar-refractivity contribution is 5.70. The second-order valence-electron chi connectivity index (χ2n) is 5.22. The first kappa shape index (κ1) is 9.89. The van der Waals surface area contributed by atoms with Gasteiger partial charge in [0.1, 0.15) is 0 Å². The lowest BCUT2D eigenvalue weighted by atomic mass is 9.81. The van der Waals surface area contributed by atoms with E-state index in [-0.39, 0.29) is 0 Å². The molecule has 1 aromatic rings. The van der Waals surface area contributed by atoms with E-state index in [1.54, 1.807) is 5.57 Å². The maximum absolute atomic E-state index is 2.40. The molecule has 0 saturated heterocycles. The lowest BCUT2D eigenvalue weighted by molar-refractivity contribution is 0.567. The van der Waals surface area contributed by atoms with E-state index in [1.165, 1.54) is 18.4 Å². The van der Waals surface area contributed by atoms with Crippen molar-refractivity contribution < 1.29 is 0 Å². The standard InChI is InChI=1S/C16H18/c1-12-10-14-8-5-9-15(16(14)11-12)13-6-3-2-4-7-13/h2-9,12,14,16H,10-11H2,1H3. The molecule has 1 saturated carbocycles. The summed E-state index contributed by atoms with van der Waals surface area (Å²) < 4.78 is 0. The molecular formula is C16H18. The van der Waals surface area contributed by atoms with Crippen LogP contribution in [0.2, 0.25) is 0 Å². The highest BCUT2D eigenvalue weighted by Crippen LogP contribution is 2.46. The highest BCUT2D eigenvalue weighted by atomic mass is 14.4. The van der Waals surface area contributed by atoms with Crippen molar-refractivity contribution >= 4 is 5.57 Å². The van der Waals surface area contributed by atoms with Gasteiger partial charge in [-0.15, -0.1) is 0 Å². The summed E-state index contributed by atoms with van der Waals surface area (Å²) in [5, 5.41) is 0. The summed E-state index contributed by atoms with van der Waals surface area (Å²) in [4.78, 5) is 0. The fourth-order valence-corrected chi connectivity index (χ4v) is 3.27. The summed E-state index contributed by atoms with van der Waals surface area (Å²) >= 11 is 0. The molecule has 0 heterocycles. The van der Waals surface area contributed by atoms with E-state index in [2.05, 4.69) is 55.5 Å². The van der Waals surface area contributed by atoms with Gasteiger partial charge in [0, 0.05) is 0 Å². The Labute approximate surface area is 97.7 Å². The number of rotatable bonds is 1. The molecule has 82 valence electrons. The fourth-order valence-electron chi connectivity index (χ4n) is 3.27. The summed E-state index contributed by atoms with van der Waals surface area (Å²) in [5.74, 6) is 2.43. The van der Waals surface area contributed by atoms with Gasteiger partial charge in [-0.1, -0.05) is 55.5 Å². The van der Waals surface area contributed by atoms with Crippen molar-refractivity contribution in [1.82, 2.24) is 0 Å². The zero-order valence-corrected chi connectivity index (χ0v) is 9.77. The zero-order chi connectivity index (χ0) is 11.0. The SMILES string of the molecule is CC1CC2C=CC=C(c3ccccc3)C2C1. The van der Waals surface area contributed by atoms with Gasteiger partial charge in [-0.05, 0) is 41.7 Å². The second-order valence-corrected chi connectivity index (χ2v) is 5.22. The van der Waals surface area contributed by atoms with Gasteiger partial charge in [0.15, 0.2) is 0 Å².